The van der Waals surface area contributed by atoms with E-state index >= 15 is 0 Å². The first-order valence-electron chi connectivity index (χ1n) is 20.9. The monoisotopic (exact) mass is 767 g/mol. The molecule has 0 radical (unpaired) electrons. The molecule has 0 atom stereocenters. The Labute approximate surface area is 350 Å². The average Bonchev–Trinajstić information content (AvgIpc) is 3.91. The summed E-state index contributed by atoms with van der Waals surface area (Å²) >= 11 is 0. The van der Waals surface area contributed by atoms with Crippen molar-refractivity contribution >= 4 is 39.0 Å². The van der Waals surface area contributed by atoms with Crippen LogP contribution in [0.25, 0.3) is 55.3 Å². The third-order valence-electron chi connectivity index (χ3n) is 13.4. The van der Waals surface area contributed by atoms with Crippen LogP contribution in [0.5, 0.6) is 0 Å². The van der Waals surface area contributed by atoms with Gasteiger partial charge < -0.3 is 9.32 Å². The van der Waals surface area contributed by atoms with Gasteiger partial charge in [-0.25, -0.2) is 0 Å². The molecule has 0 spiro atoms. The maximum absolute atomic E-state index is 6.81. The van der Waals surface area contributed by atoms with Gasteiger partial charge in [0.05, 0.1) is 16.5 Å². The van der Waals surface area contributed by atoms with Crippen molar-refractivity contribution in [3.05, 3.63) is 246 Å². The summed E-state index contributed by atoms with van der Waals surface area (Å²) in [5.41, 5.74) is 19.7. The van der Waals surface area contributed by atoms with E-state index in [-0.39, 0.29) is 5.41 Å². The van der Waals surface area contributed by atoms with Gasteiger partial charge in [-0.05, 0) is 115 Å². The molecule has 9 aromatic carbocycles. The molecule has 0 bridgehead atoms. The molecule has 0 unspecified atom stereocenters. The number of nitrogens with zero attached hydrogens (tertiary/aromatic N) is 1. The zero-order chi connectivity index (χ0) is 40.0. The molecule has 0 amide bonds. The van der Waals surface area contributed by atoms with Crippen molar-refractivity contribution in [2.45, 2.75) is 24.7 Å². The molecule has 0 saturated carbocycles. The van der Waals surface area contributed by atoms with Gasteiger partial charge in [0.2, 0.25) is 0 Å². The Morgan fingerprint density at radius 2 is 0.950 bits per heavy atom. The second kappa shape index (κ2) is 13.0. The fourth-order valence-corrected chi connectivity index (χ4v) is 10.6. The van der Waals surface area contributed by atoms with E-state index in [2.05, 4.69) is 231 Å². The summed E-state index contributed by atoms with van der Waals surface area (Å²) < 4.78 is 6.81. The number of fused-ring (bicyclic) bond motifs is 9. The first-order chi connectivity index (χ1) is 29.5. The standard InChI is InChI=1S/C58H41NO/c1-57(2)49-23-12-9-20-44(49)47-34-33-43(37-52(47)57)59(42-31-28-39(29-32-42)38-16-5-3-6-17-38)53-26-15-27-55-56(53)48-36-41(30-35-54(48)60-55)58(40-18-7-4-8-19-40)50-24-13-10-21-45(50)46-22-11-14-25-51(46)58/h3-37H,1-2H3. The van der Waals surface area contributed by atoms with Crippen molar-refractivity contribution in [3.8, 4) is 33.4 Å². The second-order valence-corrected chi connectivity index (χ2v) is 16.8. The fraction of sp³-hybridized carbons (Fsp3) is 0.0690. The third-order valence-corrected chi connectivity index (χ3v) is 13.4. The number of furan rings is 1. The molecule has 284 valence electrons. The van der Waals surface area contributed by atoms with Crippen LogP contribution in [0, 0.1) is 0 Å². The number of benzene rings is 9. The molecule has 2 nitrogen and oxygen atoms in total. The van der Waals surface area contributed by atoms with Gasteiger partial charge in [0, 0.05) is 22.2 Å². The van der Waals surface area contributed by atoms with E-state index in [4.69, 9.17) is 4.42 Å². The van der Waals surface area contributed by atoms with Crippen LogP contribution < -0.4 is 4.90 Å². The van der Waals surface area contributed by atoms with Gasteiger partial charge in [-0.2, -0.15) is 0 Å². The molecule has 2 aliphatic rings. The predicted molar refractivity (Wildman–Crippen MR) is 249 cm³/mol. The van der Waals surface area contributed by atoms with E-state index in [0.717, 1.165) is 39.0 Å². The lowest BCUT2D eigenvalue weighted by molar-refractivity contribution is 0.660. The second-order valence-electron chi connectivity index (χ2n) is 16.8. The highest BCUT2D eigenvalue weighted by Gasteiger charge is 2.46. The van der Waals surface area contributed by atoms with Crippen LogP contribution in [0.1, 0.15) is 47.2 Å². The predicted octanol–water partition coefficient (Wildman–Crippen LogP) is 15.4. The smallest absolute Gasteiger partial charge is 0.137 e. The summed E-state index contributed by atoms with van der Waals surface area (Å²) in [6.07, 6.45) is 0. The Kier molecular flexibility index (Phi) is 7.52. The first kappa shape index (κ1) is 34.6. The lowest BCUT2D eigenvalue weighted by Crippen LogP contribution is -2.28. The molecule has 2 aliphatic carbocycles. The van der Waals surface area contributed by atoms with E-state index in [1.165, 1.54) is 66.8 Å². The van der Waals surface area contributed by atoms with E-state index in [1.807, 2.05) is 0 Å². The van der Waals surface area contributed by atoms with Crippen molar-refractivity contribution in [1.82, 2.24) is 0 Å². The number of rotatable bonds is 6. The molecule has 10 aromatic rings. The van der Waals surface area contributed by atoms with Crippen LogP contribution >= 0.6 is 0 Å². The fourth-order valence-electron chi connectivity index (χ4n) is 10.6. The first-order valence-corrected chi connectivity index (χ1v) is 20.9. The SMILES string of the molecule is CC1(C)c2ccccc2-c2ccc(N(c3ccc(-c4ccccc4)cc3)c3cccc4oc5ccc(C6(c7ccccc7)c7ccccc7-c7ccccc76)cc5c34)cc21. The number of hydrogen-bond acceptors (Lipinski definition) is 2. The van der Waals surface area contributed by atoms with Gasteiger partial charge >= 0.3 is 0 Å². The van der Waals surface area contributed by atoms with Crippen LogP contribution in [-0.4, -0.2) is 0 Å². The van der Waals surface area contributed by atoms with Crippen LogP contribution in [-0.2, 0) is 10.8 Å². The van der Waals surface area contributed by atoms with E-state index in [9.17, 15) is 0 Å². The highest BCUT2D eigenvalue weighted by Crippen LogP contribution is 2.57. The number of hydrogen-bond donors (Lipinski definition) is 0. The molecule has 60 heavy (non-hydrogen) atoms. The summed E-state index contributed by atoms with van der Waals surface area (Å²) in [5, 5.41) is 2.18. The highest BCUT2D eigenvalue weighted by molar-refractivity contribution is 6.14. The van der Waals surface area contributed by atoms with Crippen molar-refractivity contribution in [2.24, 2.45) is 0 Å². The maximum Gasteiger partial charge on any atom is 0.137 e. The molecule has 0 fully saturated rings. The van der Waals surface area contributed by atoms with Gasteiger partial charge in [-0.3, -0.25) is 0 Å². The molecule has 12 rings (SSSR count). The van der Waals surface area contributed by atoms with Crippen LogP contribution in [0.15, 0.2) is 217 Å². The summed E-state index contributed by atoms with van der Waals surface area (Å²) in [6.45, 7) is 4.71. The van der Waals surface area contributed by atoms with E-state index in [0.29, 0.717) is 0 Å². The zero-order valence-electron chi connectivity index (χ0n) is 33.6. The van der Waals surface area contributed by atoms with Gasteiger partial charge in [0.25, 0.3) is 0 Å². The van der Waals surface area contributed by atoms with Gasteiger partial charge in [0.1, 0.15) is 11.2 Å². The molecule has 0 saturated heterocycles. The van der Waals surface area contributed by atoms with Crippen molar-refractivity contribution in [3.63, 3.8) is 0 Å². The van der Waals surface area contributed by atoms with E-state index < -0.39 is 5.41 Å². The molecular formula is C58H41NO. The van der Waals surface area contributed by atoms with Gasteiger partial charge in [-0.15, -0.1) is 0 Å². The highest BCUT2D eigenvalue weighted by atomic mass is 16.3. The topological polar surface area (TPSA) is 16.4 Å². The molecule has 0 N–H and O–H groups in total. The Bertz CT molecular complexity index is 3240. The number of anilines is 3. The molecule has 1 aromatic heterocycles. The van der Waals surface area contributed by atoms with Gasteiger partial charge in [0.15, 0.2) is 0 Å². The average molecular weight is 768 g/mol. The summed E-state index contributed by atoms with van der Waals surface area (Å²) in [7, 11) is 0. The minimum atomic E-state index is -0.519. The molecule has 0 aliphatic heterocycles. The summed E-state index contributed by atoms with van der Waals surface area (Å²) in [6, 6.07) is 77.9. The Morgan fingerprint density at radius 1 is 0.383 bits per heavy atom. The summed E-state index contributed by atoms with van der Waals surface area (Å²) in [5.74, 6) is 0. The van der Waals surface area contributed by atoms with Crippen molar-refractivity contribution in [1.29, 1.82) is 0 Å². The van der Waals surface area contributed by atoms with Crippen LogP contribution in [0.4, 0.5) is 17.1 Å². The Hall–Kier alpha value is -7.42. The minimum absolute atomic E-state index is 0.145. The summed E-state index contributed by atoms with van der Waals surface area (Å²) in [4.78, 5) is 2.44. The van der Waals surface area contributed by atoms with Gasteiger partial charge in [-0.1, -0.05) is 178 Å². The quantitative estimate of drug-likeness (QED) is 0.168. The Morgan fingerprint density at radius 3 is 1.65 bits per heavy atom. The lowest BCUT2D eigenvalue weighted by Gasteiger charge is -2.34. The third kappa shape index (κ3) is 4.88. The maximum atomic E-state index is 6.81. The minimum Gasteiger partial charge on any atom is -0.456 e. The van der Waals surface area contributed by atoms with E-state index in [1.54, 1.807) is 0 Å². The molecule has 1 heterocycles. The van der Waals surface area contributed by atoms with Crippen molar-refractivity contribution in [2.75, 3.05) is 4.90 Å². The lowest BCUT2D eigenvalue weighted by atomic mass is 9.67. The zero-order valence-corrected chi connectivity index (χ0v) is 33.6. The van der Waals surface area contributed by atoms with Crippen molar-refractivity contribution < 1.29 is 4.42 Å². The van der Waals surface area contributed by atoms with Crippen LogP contribution in [0.2, 0.25) is 0 Å². The van der Waals surface area contributed by atoms with Crippen LogP contribution in [0.3, 0.4) is 0 Å². The normalized spacial score (nSPS) is 14.1. The Balaban J connectivity index is 1.11. The largest absolute Gasteiger partial charge is 0.456 e. The molecular weight excluding hydrogens is 727 g/mol. The molecule has 2 heteroatoms.